The maximum Gasteiger partial charge on any atom is 0.309 e. The topological polar surface area (TPSA) is 64.6 Å². The molecular weight excluding hydrogens is 222 g/mol. The van der Waals surface area contributed by atoms with Crippen molar-refractivity contribution >= 4 is 17.6 Å². The molecule has 1 aromatic rings. The number of hydrogen-bond acceptors (Lipinski definition) is 4. The molecule has 0 unspecified atom stereocenters. The first-order valence-corrected chi connectivity index (χ1v) is 5.08. The predicted octanol–water partition coefficient (Wildman–Crippen LogP) is 1.37. The number of esters is 1. The average molecular weight is 237 g/mol. The predicted molar refractivity (Wildman–Crippen MR) is 63.0 cm³/mol. The summed E-state index contributed by atoms with van der Waals surface area (Å²) in [5, 5.41) is 2.64. The van der Waals surface area contributed by atoms with Gasteiger partial charge in [-0.2, -0.15) is 0 Å². The van der Waals surface area contributed by atoms with Gasteiger partial charge in [0.1, 0.15) is 5.75 Å². The maximum atomic E-state index is 11.1. The molecule has 5 heteroatoms. The molecule has 0 radical (unpaired) electrons. The van der Waals surface area contributed by atoms with Crippen LogP contribution in [0.4, 0.5) is 5.69 Å². The molecule has 1 amide bonds. The summed E-state index contributed by atoms with van der Waals surface area (Å²) in [7, 11) is 2.84. The molecule has 0 aromatic heterocycles. The van der Waals surface area contributed by atoms with E-state index < -0.39 is 0 Å². The highest BCUT2D eigenvalue weighted by Gasteiger charge is 2.08. The van der Waals surface area contributed by atoms with E-state index in [4.69, 9.17) is 4.74 Å². The molecule has 0 aliphatic carbocycles. The third-order valence-electron chi connectivity index (χ3n) is 2.15. The van der Waals surface area contributed by atoms with Gasteiger partial charge in [-0.25, -0.2) is 0 Å². The van der Waals surface area contributed by atoms with E-state index in [0.29, 0.717) is 11.4 Å². The van der Waals surface area contributed by atoms with Crippen molar-refractivity contribution in [2.24, 2.45) is 0 Å². The van der Waals surface area contributed by atoms with Crippen LogP contribution in [0.25, 0.3) is 0 Å². The number of anilines is 1. The van der Waals surface area contributed by atoms with E-state index in [1.807, 2.05) is 0 Å². The molecule has 0 aliphatic heterocycles. The van der Waals surface area contributed by atoms with Gasteiger partial charge in [-0.3, -0.25) is 9.59 Å². The Balaban J connectivity index is 2.91. The minimum Gasteiger partial charge on any atom is -0.495 e. The number of ether oxygens (including phenoxy) is 2. The number of carbonyl (C=O) groups excluding carboxylic acids is 2. The van der Waals surface area contributed by atoms with Crippen LogP contribution in [-0.2, 0) is 20.7 Å². The second kappa shape index (κ2) is 5.89. The van der Waals surface area contributed by atoms with E-state index in [9.17, 15) is 9.59 Å². The lowest BCUT2D eigenvalue weighted by Gasteiger charge is -2.10. The minimum atomic E-state index is -0.320. The lowest BCUT2D eigenvalue weighted by Crippen LogP contribution is -2.08. The van der Waals surface area contributed by atoms with E-state index in [1.54, 1.807) is 18.2 Å². The van der Waals surface area contributed by atoms with Crippen LogP contribution in [0.1, 0.15) is 12.5 Å². The van der Waals surface area contributed by atoms with Crippen LogP contribution in [-0.4, -0.2) is 26.1 Å². The molecule has 0 heterocycles. The Hall–Kier alpha value is -2.04. The summed E-state index contributed by atoms with van der Waals surface area (Å²) < 4.78 is 9.71. The van der Waals surface area contributed by atoms with E-state index in [-0.39, 0.29) is 18.3 Å². The number of methoxy groups -OCH3 is 2. The second-order valence-electron chi connectivity index (χ2n) is 3.47. The van der Waals surface area contributed by atoms with Crippen molar-refractivity contribution in [3.8, 4) is 5.75 Å². The van der Waals surface area contributed by atoms with Gasteiger partial charge in [0.25, 0.3) is 0 Å². The fourth-order valence-electron chi connectivity index (χ4n) is 1.38. The fourth-order valence-corrected chi connectivity index (χ4v) is 1.38. The quantitative estimate of drug-likeness (QED) is 0.803. The van der Waals surface area contributed by atoms with Gasteiger partial charge in [-0.1, -0.05) is 6.07 Å². The average Bonchev–Trinajstić information content (AvgIpc) is 2.30. The first-order valence-electron chi connectivity index (χ1n) is 5.08. The Morgan fingerprint density at radius 1 is 1.29 bits per heavy atom. The van der Waals surface area contributed by atoms with E-state index >= 15 is 0 Å². The van der Waals surface area contributed by atoms with Gasteiger partial charge < -0.3 is 14.8 Å². The van der Waals surface area contributed by atoms with Gasteiger partial charge in [-0.05, 0) is 17.7 Å². The lowest BCUT2D eigenvalue weighted by molar-refractivity contribution is -0.139. The summed E-state index contributed by atoms with van der Waals surface area (Å²) in [4.78, 5) is 22.1. The molecule has 0 atom stereocenters. The Labute approximate surface area is 99.7 Å². The molecule has 0 saturated carbocycles. The van der Waals surface area contributed by atoms with Gasteiger partial charge in [0.2, 0.25) is 5.91 Å². The van der Waals surface area contributed by atoms with E-state index in [1.165, 1.54) is 21.1 Å². The Morgan fingerprint density at radius 3 is 2.53 bits per heavy atom. The number of nitrogens with one attached hydrogen (secondary N) is 1. The molecule has 1 aromatic carbocycles. The summed E-state index contributed by atoms with van der Waals surface area (Å²) in [5.74, 6) is 0.0185. The molecule has 5 nitrogen and oxygen atoms in total. The van der Waals surface area contributed by atoms with Crippen LogP contribution in [0, 0.1) is 0 Å². The molecular formula is C12H15NO4. The molecule has 1 N–H and O–H groups in total. The highest BCUT2D eigenvalue weighted by molar-refractivity contribution is 5.90. The standard InChI is InChI=1S/C12H15NO4/c1-8(14)13-10-5-4-9(6-11(10)16-2)7-12(15)17-3/h4-6H,7H2,1-3H3,(H,13,14). The zero-order valence-corrected chi connectivity index (χ0v) is 10.1. The molecule has 0 bridgehead atoms. The molecule has 0 aliphatic rings. The maximum absolute atomic E-state index is 11.1. The van der Waals surface area contributed by atoms with Crippen molar-refractivity contribution in [2.75, 3.05) is 19.5 Å². The van der Waals surface area contributed by atoms with Gasteiger partial charge >= 0.3 is 5.97 Å². The van der Waals surface area contributed by atoms with Crippen LogP contribution in [0.2, 0.25) is 0 Å². The Kier molecular flexibility index (Phi) is 4.51. The van der Waals surface area contributed by atoms with Gasteiger partial charge in [-0.15, -0.1) is 0 Å². The molecule has 0 spiro atoms. The number of amides is 1. The number of carbonyl (C=O) groups is 2. The van der Waals surface area contributed by atoms with Crippen LogP contribution in [0.3, 0.4) is 0 Å². The summed E-state index contributed by atoms with van der Waals surface area (Å²) in [6.07, 6.45) is 0.174. The summed E-state index contributed by atoms with van der Waals surface area (Å²) >= 11 is 0. The van der Waals surface area contributed by atoms with Gasteiger partial charge in [0.15, 0.2) is 0 Å². The number of hydrogen-bond donors (Lipinski definition) is 1. The van der Waals surface area contributed by atoms with Crippen molar-refractivity contribution in [1.29, 1.82) is 0 Å². The lowest BCUT2D eigenvalue weighted by atomic mass is 10.1. The molecule has 17 heavy (non-hydrogen) atoms. The molecule has 92 valence electrons. The van der Waals surface area contributed by atoms with E-state index in [0.717, 1.165) is 5.56 Å². The number of benzene rings is 1. The Morgan fingerprint density at radius 2 is 2.00 bits per heavy atom. The third-order valence-corrected chi connectivity index (χ3v) is 2.15. The fraction of sp³-hybridized carbons (Fsp3) is 0.333. The van der Waals surface area contributed by atoms with Crippen molar-refractivity contribution in [1.82, 2.24) is 0 Å². The minimum absolute atomic E-state index is 0.174. The highest BCUT2D eigenvalue weighted by Crippen LogP contribution is 2.25. The highest BCUT2D eigenvalue weighted by atomic mass is 16.5. The number of rotatable bonds is 4. The second-order valence-corrected chi connectivity index (χ2v) is 3.47. The summed E-state index contributed by atoms with van der Waals surface area (Å²) in [5.41, 5.74) is 1.34. The third kappa shape index (κ3) is 3.79. The van der Waals surface area contributed by atoms with Crippen molar-refractivity contribution < 1.29 is 19.1 Å². The molecule has 0 saturated heterocycles. The smallest absolute Gasteiger partial charge is 0.309 e. The molecule has 0 fully saturated rings. The zero-order chi connectivity index (χ0) is 12.8. The summed E-state index contributed by atoms with van der Waals surface area (Å²) in [6.45, 7) is 1.42. The van der Waals surface area contributed by atoms with Crippen molar-refractivity contribution in [3.63, 3.8) is 0 Å². The first-order chi connectivity index (χ1) is 8.06. The Bertz CT molecular complexity index is 429. The van der Waals surface area contributed by atoms with Gasteiger partial charge in [0.05, 0.1) is 26.3 Å². The monoisotopic (exact) mass is 237 g/mol. The van der Waals surface area contributed by atoms with Crippen molar-refractivity contribution in [3.05, 3.63) is 23.8 Å². The normalized spacial score (nSPS) is 9.59. The molecule has 1 rings (SSSR count). The largest absolute Gasteiger partial charge is 0.495 e. The van der Waals surface area contributed by atoms with Crippen LogP contribution < -0.4 is 10.1 Å². The van der Waals surface area contributed by atoms with Crippen LogP contribution in [0.15, 0.2) is 18.2 Å². The van der Waals surface area contributed by atoms with E-state index in [2.05, 4.69) is 10.1 Å². The van der Waals surface area contributed by atoms with Gasteiger partial charge in [0, 0.05) is 6.92 Å². The van der Waals surface area contributed by atoms with Crippen LogP contribution >= 0.6 is 0 Å². The zero-order valence-electron chi connectivity index (χ0n) is 10.1. The van der Waals surface area contributed by atoms with Crippen molar-refractivity contribution in [2.45, 2.75) is 13.3 Å². The first kappa shape index (κ1) is 13.0. The summed E-state index contributed by atoms with van der Waals surface area (Å²) in [6, 6.07) is 5.13. The SMILES string of the molecule is COC(=O)Cc1ccc(NC(C)=O)c(OC)c1. The van der Waals surface area contributed by atoms with Crippen LogP contribution in [0.5, 0.6) is 5.75 Å².